The summed E-state index contributed by atoms with van der Waals surface area (Å²) in [5.74, 6) is -2.10. The lowest BCUT2D eigenvalue weighted by molar-refractivity contribution is -0.143. The van der Waals surface area contributed by atoms with Crippen molar-refractivity contribution in [3.8, 4) is 17.1 Å². The maximum atomic E-state index is 14.5. The van der Waals surface area contributed by atoms with Crippen molar-refractivity contribution in [1.29, 1.82) is 0 Å². The Kier molecular flexibility index (Phi) is 5.93. The molecular weight excluding hydrogens is 520 g/mol. The summed E-state index contributed by atoms with van der Waals surface area (Å²) in [6.45, 7) is -0.328. The van der Waals surface area contributed by atoms with E-state index in [9.17, 15) is 23.1 Å². The molecule has 5 aromatic rings. The number of aromatic nitrogens is 4. The Bertz CT molecular complexity index is 1610. The van der Waals surface area contributed by atoms with E-state index >= 15 is 0 Å². The molecule has 2 aromatic carbocycles. The number of aromatic hydroxyl groups is 1. The normalized spacial score (nSPS) is 11.8. The van der Waals surface area contributed by atoms with Crippen molar-refractivity contribution in [3.05, 3.63) is 93.7 Å². The minimum absolute atomic E-state index is 0.00819. The molecule has 3 heterocycles. The molecular formula is C24H13Cl2F3N4O3. The van der Waals surface area contributed by atoms with E-state index in [4.69, 9.17) is 27.7 Å². The molecule has 0 saturated heterocycles. The molecule has 0 bridgehead atoms. The van der Waals surface area contributed by atoms with Crippen LogP contribution in [0.15, 0.2) is 65.4 Å². The molecule has 0 amide bonds. The van der Waals surface area contributed by atoms with Gasteiger partial charge in [-0.2, -0.15) is 18.2 Å². The van der Waals surface area contributed by atoms with Gasteiger partial charge in [0.1, 0.15) is 11.4 Å². The summed E-state index contributed by atoms with van der Waals surface area (Å²) < 4.78 is 49.4. The second kappa shape index (κ2) is 8.96. The van der Waals surface area contributed by atoms with Crippen molar-refractivity contribution in [1.82, 2.24) is 19.7 Å². The molecule has 0 fully saturated rings. The lowest BCUT2D eigenvalue weighted by atomic mass is 10.1. The number of hydrogen-bond acceptors (Lipinski definition) is 6. The first-order valence-corrected chi connectivity index (χ1v) is 11.0. The van der Waals surface area contributed by atoms with Gasteiger partial charge in [-0.15, -0.1) is 0 Å². The summed E-state index contributed by atoms with van der Waals surface area (Å²) in [6, 6.07) is 11.1. The number of fused-ring (bicyclic) bond motifs is 1. The highest BCUT2D eigenvalue weighted by Crippen LogP contribution is 2.41. The second-order valence-electron chi connectivity index (χ2n) is 7.73. The number of phenols is 1. The van der Waals surface area contributed by atoms with Crippen LogP contribution in [0.25, 0.3) is 22.3 Å². The molecule has 0 spiro atoms. The largest absolute Gasteiger partial charge is 0.508 e. The number of carbonyl (C=O) groups is 1. The Morgan fingerprint density at radius 2 is 1.81 bits per heavy atom. The van der Waals surface area contributed by atoms with Gasteiger partial charge in [0.25, 0.3) is 11.7 Å². The minimum atomic E-state index is -4.97. The highest BCUT2D eigenvalue weighted by atomic mass is 35.5. The summed E-state index contributed by atoms with van der Waals surface area (Å²) in [4.78, 5) is 21.3. The molecule has 1 N–H and O–H groups in total. The van der Waals surface area contributed by atoms with Crippen LogP contribution in [0, 0.1) is 0 Å². The van der Waals surface area contributed by atoms with Gasteiger partial charge in [0.15, 0.2) is 0 Å². The number of alkyl halides is 3. The van der Waals surface area contributed by atoms with Gasteiger partial charge >= 0.3 is 6.18 Å². The van der Waals surface area contributed by atoms with E-state index in [2.05, 4.69) is 15.1 Å². The van der Waals surface area contributed by atoms with Crippen LogP contribution in [-0.2, 0) is 12.7 Å². The van der Waals surface area contributed by atoms with Crippen LogP contribution in [-0.4, -0.2) is 30.6 Å². The molecule has 0 aliphatic heterocycles. The fraction of sp³-hybridized carbons (Fsp3) is 0.0833. The zero-order valence-electron chi connectivity index (χ0n) is 17.9. The molecule has 12 heteroatoms. The van der Waals surface area contributed by atoms with Gasteiger partial charge in [0.05, 0.1) is 5.56 Å². The van der Waals surface area contributed by atoms with Crippen LogP contribution in [0.1, 0.15) is 27.5 Å². The Morgan fingerprint density at radius 1 is 1.06 bits per heavy atom. The Morgan fingerprint density at radius 3 is 2.50 bits per heavy atom. The van der Waals surface area contributed by atoms with Crippen LogP contribution in [0.4, 0.5) is 13.2 Å². The van der Waals surface area contributed by atoms with Gasteiger partial charge in [-0.05, 0) is 48.0 Å². The molecule has 0 radical (unpaired) electrons. The number of halogens is 5. The number of benzene rings is 2. The van der Waals surface area contributed by atoms with Gasteiger partial charge in [0, 0.05) is 45.5 Å². The average molecular weight is 533 g/mol. The number of carbonyl (C=O) groups excluding carboxylic acids is 1. The number of rotatable bonds is 5. The summed E-state index contributed by atoms with van der Waals surface area (Å²) in [5.41, 5.74) is -1.14. The van der Waals surface area contributed by atoms with E-state index < -0.39 is 29.1 Å². The van der Waals surface area contributed by atoms with Crippen LogP contribution >= 0.6 is 23.2 Å². The highest BCUT2D eigenvalue weighted by molar-refractivity contribution is 6.35. The van der Waals surface area contributed by atoms with Gasteiger partial charge in [-0.3, -0.25) is 9.78 Å². The van der Waals surface area contributed by atoms with E-state index in [0.717, 1.165) is 10.6 Å². The van der Waals surface area contributed by atoms with Crippen molar-refractivity contribution in [3.63, 3.8) is 0 Å². The lowest BCUT2D eigenvalue weighted by Gasteiger charge is -2.15. The third-order valence-electron chi connectivity index (χ3n) is 5.44. The number of phenolic OH excluding ortho intramolecular Hbond substituents is 1. The van der Waals surface area contributed by atoms with E-state index in [1.165, 1.54) is 42.7 Å². The fourth-order valence-electron chi connectivity index (χ4n) is 3.89. The molecule has 5 rings (SSSR count). The summed E-state index contributed by atoms with van der Waals surface area (Å²) in [7, 11) is 0. The zero-order chi connectivity index (χ0) is 25.6. The third kappa shape index (κ3) is 4.29. The van der Waals surface area contributed by atoms with Gasteiger partial charge in [0.2, 0.25) is 5.82 Å². The Labute approximate surface area is 210 Å². The smallest absolute Gasteiger partial charge is 0.432 e. The standard InChI is InChI=1S/C24H13Cl2F3N4O3/c25-14-2-1-13(17(26)9-14)11-33-18-4-3-15(34)10-16(18)19(21(33)24(27,28)29)20(35)23-31-22(32-36-23)12-5-7-30-8-6-12/h1-10,34H,11H2. The SMILES string of the molecule is O=C(c1nc(-c2ccncc2)no1)c1c(C(F)(F)F)n(Cc2ccc(Cl)cc2Cl)c2ccc(O)cc12. The predicted octanol–water partition coefficient (Wildman–Crippen LogP) is 6.40. The van der Waals surface area contributed by atoms with Crippen molar-refractivity contribution in [2.24, 2.45) is 0 Å². The monoisotopic (exact) mass is 532 g/mol. The van der Waals surface area contributed by atoms with Crippen LogP contribution < -0.4 is 0 Å². The molecule has 0 unspecified atom stereocenters. The average Bonchev–Trinajstić information content (AvgIpc) is 3.44. The molecule has 0 aliphatic rings. The molecule has 182 valence electrons. The lowest BCUT2D eigenvalue weighted by Crippen LogP contribution is -2.19. The molecule has 0 aliphatic carbocycles. The molecule has 7 nitrogen and oxygen atoms in total. The van der Waals surface area contributed by atoms with Crippen molar-refractivity contribution < 1.29 is 27.6 Å². The minimum Gasteiger partial charge on any atom is -0.508 e. The Balaban J connectivity index is 1.71. The zero-order valence-corrected chi connectivity index (χ0v) is 19.4. The first-order chi connectivity index (χ1) is 17.1. The first-order valence-electron chi connectivity index (χ1n) is 10.3. The van der Waals surface area contributed by atoms with E-state index in [1.54, 1.807) is 12.1 Å². The topological polar surface area (TPSA) is 94.0 Å². The summed E-state index contributed by atoms with van der Waals surface area (Å²) >= 11 is 12.2. The predicted molar refractivity (Wildman–Crippen MR) is 125 cm³/mol. The van der Waals surface area contributed by atoms with Gasteiger partial charge in [-0.1, -0.05) is 34.4 Å². The van der Waals surface area contributed by atoms with Crippen molar-refractivity contribution in [2.75, 3.05) is 0 Å². The maximum absolute atomic E-state index is 14.5. The van der Waals surface area contributed by atoms with Crippen LogP contribution in [0.3, 0.4) is 0 Å². The molecule has 3 aromatic heterocycles. The van der Waals surface area contributed by atoms with Crippen LogP contribution in [0.5, 0.6) is 5.75 Å². The Hall–Kier alpha value is -3.89. The van der Waals surface area contributed by atoms with Gasteiger partial charge in [-0.25, -0.2) is 0 Å². The van der Waals surface area contributed by atoms with E-state index in [-0.39, 0.29) is 34.0 Å². The maximum Gasteiger partial charge on any atom is 0.432 e. The second-order valence-corrected chi connectivity index (χ2v) is 8.58. The number of hydrogen-bond donors (Lipinski definition) is 1. The number of nitrogens with zero attached hydrogens (tertiary/aromatic N) is 4. The number of pyridine rings is 1. The molecule has 0 atom stereocenters. The highest BCUT2D eigenvalue weighted by Gasteiger charge is 2.42. The van der Waals surface area contributed by atoms with Crippen molar-refractivity contribution in [2.45, 2.75) is 12.7 Å². The van der Waals surface area contributed by atoms with Crippen molar-refractivity contribution >= 4 is 39.9 Å². The van der Waals surface area contributed by atoms with Crippen LogP contribution in [0.2, 0.25) is 10.0 Å². The molecule has 36 heavy (non-hydrogen) atoms. The number of ketones is 1. The van der Waals surface area contributed by atoms with Gasteiger partial charge < -0.3 is 14.2 Å². The summed E-state index contributed by atoms with van der Waals surface area (Å²) in [6.07, 6.45) is -2.03. The summed E-state index contributed by atoms with van der Waals surface area (Å²) in [5, 5.41) is 14.1. The first kappa shape index (κ1) is 23.8. The molecule has 0 saturated carbocycles. The van der Waals surface area contributed by atoms with E-state index in [0.29, 0.717) is 16.1 Å². The quantitative estimate of drug-likeness (QED) is 0.263. The third-order valence-corrected chi connectivity index (χ3v) is 6.03. The van der Waals surface area contributed by atoms with E-state index in [1.807, 2.05) is 0 Å². The fourth-order valence-corrected chi connectivity index (χ4v) is 4.36.